The Kier molecular flexibility index (Phi) is 4.43. The largest absolute Gasteiger partial charge is 0.481 e. The number of thiol groups is 1. The number of carbonyl (C=O) groups is 2. The molecule has 0 aliphatic heterocycles. The number of ketones is 1. The predicted molar refractivity (Wildman–Crippen MR) is 107 cm³/mol. The molecule has 4 aliphatic rings. The molecule has 0 bridgehead atoms. The highest BCUT2D eigenvalue weighted by atomic mass is 32.1. The van der Waals surface area contributed by atoms with Gasteiger partial charge in [-0.1, -0.05) is 25.5 Å². The molecule has 1 unspecified atom stereocenters. The zero-order valence-corrected chi connectivity index (χ0v) is 17.0. The molecule has 0 aromatic rings. The lowest BCUT2D eigenvalue weighted by Crippen LogP contribution is -2.57. The Labute approximate surface area is 166 Å². The van der Waals surface area contributed by atoms with E-state index >= 15 is 0 Å². The number of fused-ring (bicyclic) bond motifs is 5. The van der Waals surface area contributed by atoms with Gasteiger partial charge in [-0.15, -0.1) is 0 Å². The third-order valence-electron chi connectivity index (χ3n) is 8.65. The first-order chi connectivity index (χ1) is 12.6. The number of allylic oxidation sites excluding steroid dienone is 4. The molecule has 0 amide bonds. The maximum absolute atomic E-state index is 11.9. The van der Waals surface area contributed by atoms with Gasteiger partial charge in [-0.2, -0.15) is 12.6 Å². The number of rotatable bonds is 3. The van der Waals surface area contributed by atoms with Crippen LogP contribution in [0.25, 0.3) is 0 Å². The number of aliphatic carboxylic acids is 1. The molecule has 0 heterocycles. The summed E-state index contributed by atoms with van der Waals surface area (Å²) < 4.78 is 0. The smallest absolute Gasteiger partial charge is 0.303 e. The van der Waals surface area contributed by atoms with E-state index in [0.717, 1.165) is 25.7 Å². The molecule has 4 rings (SSSR count). The van der Waals surface area contributed by atoms with Crippen LogP contribution in [-0.4, -0.2) is 32.8 Å². The first-order valence-corrected chi connectivity index (χ1v) is 10.7. The minimum absolute atomic E-state index is 0.0205. The van der Waals surface area contributed by atoms with Crippen molar-refractivity contribution in [2.75, 3.05) is 0 Å². The number of aliphatic hydroxyl groups is 1. The maximum atomic E-state index is 11.9. The summed E-state index contributed by atoms with van der Waals surface area (Å²) in [4.78, 5) is 23.0. The van der Waals surface area contributed by atoms with Gasteiger partial charge in [0.25, 0.3) is 0 Å². The Morgan fingerprint density at radius 2 is 1.96 bits per heavy atom. The molecular weight excluding hydrogens is 360 g/mol. The van der Waals surface area contributed by atoms with Gasteiger partial charge in [0.15, 0.2) is 5.78 Å². The number of hydrogen-bond donors (Lipinski definition) is 3. The van der Waals surface area contributed by atoms with E-state index in [1.807, 2.05) is 6.08 Å². The Hall–Kier alpha value is -1.07. The highest BCUT2D eigenvalue weighted by molar-refractivity contribution is 7.81. The zero-order chi connectivity index (χ0) is 19.6. The fourth-order valence-electron chi connectivity index (χ4n) is 7.01. The van der Waals surface area contributed by atoms with Crippen molar-refractivity contribution in [1.29, 1.82) is 0 Å². The zero-order valence-electron chi connectivity index (χ0n) is 16.1. The number of hydrogen-bond acceptors (Lipinski definition) is 4. The van der Waals surface area contributed by atoms with Gasteiger partial charge in [0.1, 0.15) is 0 Å². The van der Waals surface area contributed by atoms with Crippen LogP contribution < -0.4 is 0 Å². The topological polar surface area (TPSA) is 74.6 Å². The van der Waals surface area contributed by atoms with Gasteiger partial charge < -0.3 is 10.2 Å². The highest BCUT2D eigenvalue weighted by Crippen LogP contribution is 2.68. The summed E-state index contributed by atoms with van der Waals surface area (Å²) in [5.74, 6) is 0.386. The maximum Gasteiger partial charge on any atom is 0.303 e. The van der Waals surface area contributed by atoms with Crippen molar-refractivity contribution >= 4 is 24.4 Å². The normalized spacial score (nSPS) is 48.4. The Bertz CT molecular complexity index is 743. The third-order valence-corrected chi connectivity index (χ3v) is 9.18. The van der Waals surface area contributed by atoms with Gasteiger partial charge >= 0.3 is 5.97 Å². The summed E-state index contributed by atoms with van der Waals surface area (Å²) >= 11 is 4.98. The number of carboxylic acid groups (broad SMARTS) is 1. The van der Waals surface area contributed by atoms with Crippen molar-refractivity contribution < 1.29 is 19.8 Å². The molecule has 3 fully saturated rings. The average molecular weight is 391 g/mol. The standard InChI is InChI=1S/C22H30O4S/c1-20-7-3-14(23)11-13(20)12-17(27)19-15(20)4-8-21(2)16(19)5-9-22(21,26)10-6-18(24)25/h3,7,11,15-17,19,26-27H,4-6,8-10,12H2,1-2H3,(H,24,25)/t15-,16-,17?,19+,20-,21-,22+/m0/s1. The van der Waals surface area contributed by atoms with Crippen LogP contribution in [0.5, 0.6) is 0 Å². The summed E-state index contributed by atoms with van der Waals surface area (Å²) in [6.45, 7) is 4.44. The molecule has 0 aromatic carbocycles. The Morgan fingerprint density at radius 3 is 2.67 bits per heavy atom. The molecule has 3 saturated carbocycles. The summed E-state index contributed by atoms with van der Waals surface area (Å²) in [6, 6.07) is 0. The van der Waals surface area contributed by atoms with Crippen molar-refractivity contribution in [3.05, 3.63) is 23.8 Å². The van der Waals surface area contributed by atoms with E-state index in [1.54, 1.807) is 6.08 Å². The lowest BCUT2D eigenvalue weighted by molar-refractivity contribution is -0.145. The van der Waals surface area contributed by atoms with Crippen LogP contribution >= 0.6 is 12.6 Å². The van der Waals surface area contributed by atoms with Crippen molar-refractivity contribution in [1.82, 2.24) is 0 Å². The van der Waals surface area contributed by atoms with Crippen LogP contribution in [0.15, 0.2) is 23.8 Å². The average Bonchev–Trinajstić information content (AvgIpc) is 2.87. The van der Waals surface area contributed by atoms with Crippen LogP contribution in [0, 0.1) is 28.6 Å². The fraction of sp³-hybridized carbons (Fsp3) is 0.727. The molecule has 148 valence electrons. The second-order valence-corrected chi connectivity index (χ2v) is 10.3. The molecule has 5 heteroatoms. The minimum Gasteiger partial charge on any atom is -0.481 e. The summed E-state index contributed by atoms with van der Waals surface area (Å²) in [7, 11) is 0. The Balaban J connectivity index is 1.67. The van der Waals surface area contributed by atoms with Gasteiger partial charge in [-0.05, 0) is 73.8 Å². The van der Waals surface area contributed by atoms with Crippen LogP contribution in [0.2, 0.25) is 0 Å². The second kappa shape index (κ2) is 6.21. The van der Waals surface area contributed by atoms with E-state index in [4.69, 9.17) is 17.7 Å². The summed E-state index contributed by atoms with van der Waals surface area (Å²) in [5, 5.41) is 20.7. The SMILES string of the molecule is C[C@]12C=CC(=O)C=C1CC(S)[C@@H]1[C@@H]2CC[C@@]2(C)[C@H]1CC[C@@]2(O)CCC(=O)O. The van der Waals surface area contributed by atoms with E-state index in [1.165, 1.54) is 5.57 Å². The third kappa shape index (κ3) is 2.68. The van der Waals surface area contributed by atoms with E-state index < -0.39 is 11.6 Å². The highest BCUT2D eigenvalue weighted by Gasteiger charge is 2.64. The van der Waals surface area contributed by atoms with Gasteiger partial charge in [-0.25, -0.2) is 0 Å². The molecule has 0 radical (unpaired) electrons. The molecule has 0 spiro atoms. The molecule has 0 saturated heterocycles. The van der Waals surface area contributed by atoms with E-state index in [-0.39, 0.29) is 28.3 Å². The number of carboxylic acids is 1. The first kappa shape index (κ1) is 19.3. The second-order valence-electron chi connectivity index (χ2n) is 9.67. The monoisotopic (exact) mass is 390 g/mol. The number of carbonyl (C=O) groups excluding carboxylic acids is 1. The quantitative estimate of drug-likeness (QED) is 0.641. The van der Waals surface area contributed by atoms with Gasteiger partial charge in [-0.3, -0.25) is 9.59 Å². The molecule has 4 nitrogen and oxygen atoms in total. The Morgan fingerprint density at radius 1 is 1.26 bits per heavy atom. The lowest BCUT2D eigenvalue weighted by Gasteiger charge is -2.59. The molecular formula is C22H30O4S. The van der Waals surface area contributed by atoms with E-state index in [0.29, 0.717) is 30.6 Å². The first-order valence-electron chi connectivity index (χ1n) is 10.2. The lowest BCUT2D eigenvalue weighted by atomic mass is 9.47. The van der Waals surface area contributed by atoms with Crippen molar-refractivity contribution in [3.63, 3.8) is 0 Å². The van der Waals surface area contributed by atoms with E-state index in [2.05, 4.69) is 19.9 Å². The fourth-order valence-corrected chi connectivity index (χ4v) is 7.62. The summed E-state index contributed by atoms with van der Waals surface area (Å²) in [6.07, 6.45) is 10.3. The molecule has 0 aromatic heterocycles. The van der Waals surface area contributed by atoms with Crippen LogP contribution in [-0.2, 0) is 9.59 Å². The predicted octanol–water partition coefficient (Wildman–Crippen LogP) is 3.80. The van der Waals surface area contributed by atoms with Crippen LogP contribution in [0.1, 0.15) is 58.8 Å². The van der Waals surface area contributed by atoms with Crippen molar-refractivity contribution in [2.45, 2.75) is 69.6 Å². The minimum atomic E-state index is -0.899. The molecule has 2 N–H and O–H groups in total. The van der Waals surface area contributed by atoms with Crippen molar-refractivity contribution in [3.8, 4) is 0 Å². The summed E-state index contributed by atoms with van der Waals surface area (Å²) in [5.41, 5.74) is -0.0414. The van der Waals surface area contributed by atoms with Crippen LogP contribution in [0.3, 0.4) is 0 Å². The van der Waals surface area contributed by atoms with E-state index in [9.17, 15) is 14.7 Å². The van der Waals surface area contributed by atoms with Gasteiger partial charge in [0.05, 0.1) is 5.60 Å². The van der Waals surface area contributed by atoms with Crippen molar-refractivity contribution in [2.24, 2.45) is 28.6 Å². The molecule has 27 heavy (non-hydrogen) atoms. The van der Waals surface area contributed by atoms with Gasteiger partial charge in [0.2, 0.25) is 0 Å². The van der Waals surface area contributed by atoms with Gasteiger partial charge in [0, 0.05) is 17.1 Å². The molecule has 4 aliphatic carbocycles. The molecule has 7 atom stereocenters. The van der Waals surface area contributed by atoms with Crippen LogP contribution in [0.4, 0.5) is 0 Å².